The van der Waals surface area contributed by atoms with Crippen LogP contribution in [-0.4, -0.2) is 54.5 Å². The third kappa shape index (κ3) is 9.64. The minimum absolute atomic E-state index is 0.00428. The van der Waals surface area contributed by atoms with E-state index >= 15 is 0 Å². The summed E-state index contributed by atoms with van der Waals surface area (Å²) in [7, 11) is -3.60. The smallest absolute Gasteiger partial charge is 0.229 e. The summed E-state index contributed by atoms with van der Waals surface area (Å²) in [4.78, 5) is 13.1. The number of aliphatic hydroxyl groups is 1. The van der Waals surface area contributed by atoms with Crippen molar-refractivity contribution in [2.75, 3.05) is 24.1 Å². The molecule has 3 rings (SSSR count). The van der Waals surface area contributed by atoms with Gasteiger partial charge in [0.2, 0.25) is 15.9 Å². The minimum atomic E-state index is -3.60. The van der Waals surface area contributed by atoms with Crippen LogP contribution in [0.4, 0.5) is 5.69 Å². The number of likely N-dealkylation sites (N-methyl/N-ethyl adjacent to an activating group) is 1. The number of anilines is 1. The Balaban J connectivity index is 1.74. The summed E-state index contributed by atoms with van der Waals surface area (Å²) in [5.41, 5.74) is 2.57. The molecule has 0 spiro atoms. The number of phenolic OH excluding ortho intramolecular Hbond substituents is 2. The van der Waals surface area contributed by atoms with Crippen molar-refractivity contribution in [2.45, 2.75) is 51.2 Å². The Morgan fingerprint density at radius 2 is 1.76 bits per heavy atom. The molecule has 0 saturated carbocycles. The third-order valence-electron chi connectivity index (χ3n) is 6.60. The fraction of sp³-hybridized carbons (Fsp3) is 0.367. The highest BCUT2D eigenvalue weighted by atomic mass is 35.5. The molecule has 2 atom stereocenters. The molecule has 222 valence electrons. The number of rotatable bonds is 13. The molecular weight excluding hydrogens is 566 g/mol. The van der Waals surface area contributed by atoms with Gasteiger partial charge in [0.15, 0.2) is 0 Å². The lowest BCUT2D eigenvalue weighted by atomic mass is 9.87. The van der Waals surface area contributed by atoms with Crippen LogP contribution in [-0.2, 0) is 27.7 Å². The van der Waals surface area contributed by atoms with Crippen LogP contribution in [0.25, 0.3) is 0 Å². The number of phenols is 2. The number of benzene rings is 3. The number of aromatic hydroxyl groups is 2. The summed E-state index contributed by atoms with van der Waals surface area (Å²) in [5, 5.41) is 37.1. The summed E-state index contributed by atoms with van der Waals surface area (Å²) in [5.74, 6) is -0.781. The zero-order valence-electron chi connectivity index (χ0n) is 23.6. The van der Waals surface area contributed by atoms with Gasteiger partial charge in [-0.25, -0.2) is 8.42 Å². The molecule has 9 nitrogen and oxygen atoms in total. The zero-order chi connectivity index (χ0) is 30.4. The summed E-state index contributed by atoms with van der Waals surface area (Å²) < 4.78 is 25.4. The number of hydrogen-bond acceptors (Lipinski definition) is 7. The molecule has 0 aromatic heterocycles. The van der Waals surface area contributed by atoms with Gasteiger partial charge in [-0.3, -0.25) is 9.52 Å². The number of β-amino-alcohol motifs (C(OH)–C–C–N with tert-alkyl or cyclic N) is 1. The average Bonchev–Trinajstić information content (AvgIpc) is 2.87. The van der Waals surface area contributed by atoms with Crippen molar-refractivity contribution >= 4 is 33.2 Å². The SMILES string of the molecule is CCNC(=O)C(Cc1ccc(O)cc1Cl)c1cccc(CC(C)(C)NC[C@H](O)c2ccc(O)c(NS(C)(=O)=O)c2)c1. The van der Waals surface area contributed by atoms with E-state index < -0.39 is 27.6 Å². The second-order valence-corrected chi connectivity index (χ2v) is 12.9. The van der Waals surface area contributed by atoms with Gasteiger partial charge in [-0.2, -0.15) is 0 Å². The molecule has 3 aromatic carbocycles. The van der Waals surface area contributed by atoms with Crippen LogP contribution in [0.2, 0.25) is 5.02 Å². The zero-order valence-corrected chi connectivity index (χ0v) is 25.2. The van der Waals surface area contributed by atoms with E-state index in [0.29, 0.717) is 30.0 Å². The average molecular weight is 604 g/mol. The van der Waals surface area contributed by atoms with Crippen molar-refractivity contribution in [1.29, 1.82) is 0 Å². The highest BCUT2D eigenvalue weighted by Gasteiger charge is 2.25. The second-order valence-electron chi connectivity index (χ2n) is 10.8. The molecule has 0 aliphatic carbocycles. The summed E-state index contributed by atoms with van der Waals surface area (Å²) in [6.45, 7) is 6.53. The Bertz CT molecular complexity index is 1480. The largest absolute Gasteiger partial charge is 0.508 e. The maximum Gasteiger partial charge on any atom is 0.229 e. The number of carbonyl (C=O) groups is 1. The lowest BCUT2D eigenvalue weighted by molar-refractivity contribution is -0.122. The quantitative estimate of drug-likeness (QED) is 0.160. The number of halogens is 1. The summed E-state index contributed by atoms with van der Waals surface area (Å²) >= 11 is 6.35. The van der Waals surface area contributed by atoms with E-state index in [2.05, 4.69) is 15.4 Å². The van der Waals surface area contributed by atoms with Crippen molar-refractivity contribution in [2.24, 2.45) is 0 Å². The number of nitrogens with one attached hydrogen (secondary N) is 3. The molecular formula is C30H38ClN3O6S. The third-order valence-corrected chi connectivity index (χ3v) is 7.54. The highest BCUT2D eigenvalue weighted by molar-refractivity contribution is 7.92. The Kier molecular flexibility index (Phi) is 10.7. The van der Waals surface area contributed by atoms with Crippen LogP contribution in [0, 0.1) is 0 Å². The minimum Gasteiger partial charge on any atom is -0.508 e. The van der Waals surface area contributed by atoms with Crippen molar-refractivity contribution in [3.63, 3.8) is 0 Å². The van der Waals surface area contributed by atoms with E-state index in [-0.39, 0.29) is 29.6 Å². The second kappa shape index (κ2) is 13.6. The molecule has 11 heteroatoms. The lowest BCUT2D eigenvalue weighted by Gasteiger charge is -2.29. The van der Waals surface area contributed by atoms with Crippen LogP contribution in [0.3, 0.4) is 0 Å². The lowest BCUT2D eigenvalue weighted by Crippen LogP contribution is -2.43. The van der Waals surface area contributed by atoms with E-state index in [0.717, 1.165) is 22.9 Å². The predicted octanol–water partition coefficient (Wildman–Crippen LogP) is 4.23. The van der Waals surface area contributed by atoms with Gasteiger partial charge in [-0.1, -0.05) is 48.0 Å². The molecule has 0 aliphatic rings. The molecule has 1 unspecified atom stereocenters. The molecule has 1 amide bonds. The van der Waals surface area contributed by atoms with Crippen LogP contribution in [0.5, 0.6) is 11.5 Å². The number of amides is 1. The van der Waals surface area contributed by atoms with Gasteiger partial charge in [-0.05, 0) is 80.1 Å². The Hall–Kier alpha value is -3.31. The summed E-state index contributed by atoms with van der Waals surface area (Å²) in [6, 6.07) is 16.8. The highest BCUT2D eigenvalue weighted by Crippen LogP contribution is 2.30. The Morgan fingerprint density at radius 3 is 2.41 bits per heavy atom. The van der Waals surface area contributed by atoms with E-state index in [1.807, 2.05) is 45.0 Å². The van der Waals surface area contributed by atoms with Gasteiger partial charge in [0.1, 0.15) is 11.5 Å². The standard InChI is InChI=1S/C30H38ClN3O6S/c1-5-32-29(38)24(14-21-9-11-23(35)16-25(21)31)20-8-6-7-19(13-20)17-30(2,3)33-18-28(37)22-10-12-27(36)26(15-22)34-41(4,39)40/h6-13,15-16,24,28,33-37H,5,14,17-18H2,1-4H3,(H,32,38)/t24?,28-/m0/s1. The normalized spacial score (nSPS) is 13.4. The maximum absolute atomic E-state index is 13.1. The van der Waals surface area contributed by atoms with Crippen molar-refractivity contribution in [3.05, 3.63) is 87.9 Å². The van der Waals surface area contributed by atoms with Crippen LogP contribution in [0.15, 0.2) is 60.7 Å². The van der Waals surface area contributed by atoms with Gasteiger partial charge in [0, 0.05) is 23.7 Å². The van der Waals surface area contributed by atoms with Gasteiger partial charge in [0.25, 0.3) is 0 Å². The molecule has 41 heavy (non-hydrogen) atoms. The fourth-order valence-corrected chi connectivity index (χ4v) is 5.42. The van der Waals surface area contributed by atoms with Crippen molar-refractivity contribution in [1.82, 2.24) is 10.6 Å². The first-order valence-electron chi connectivity index (χ1n) is 13.2. The first kappa shape index (κ1) is 32.2. The molecule has 0 saturated heterocycles. The first-order chi connectivity index (χ1) is 19.2. The van der Waals surface area contributed by atoms with Crippen LogP contribution >= 0.6 is 11.6 Å². The van der Waals surface area contributed by atoms with E-state index in [9.17, 15) is 28.5 Å². The topological polar surface area (TPSA) is 148 Å². The summed E-state index contributed by atoms with van der Waals surface area (Å²) in [6.07, 6.45) is 0.977. The van der Waals surface area contributed by atoms with Crippen molar-refractivity contribution < 1.29 is 28.5 Å². The molecule has 0 fully saturated rings. The van der Waals surface area contributed by atoms with Gasteiger partial charge < -0.3 is 26.0 Å². The first-order valence-corrected chi connectivity index (χ1v) is 15.5. The number of carbonyl (C=O) groups excluding carboxylic acids is 1. The van der Waals surface area contributed by atoms with Gasteiger partial charge >= 0.3 is 0 Å². The molecule has 0 heterocycles. The number of hydrogen-bond donors (Lipinski definition) is 6. The molecule has 3 aromatic rings. The molecule has 0 aliphatic heterocycles. The molecule has 0 radical (unpaired) electrons. The number of sulfonamides is 1. The Labute approximate surface area is 246 Å². The van der Waals surface area contributed by atoms with Gasteiger partial charge in [0.05, 0.1) is 24.0 Å². The molecule has 0 bridgehead atoms. The van der Waals surface area contributed by atoms with Crippen molar-refractivity contribution in [3.8, 4) is 11.5 Å². The predicted molar refractivity (Wildman–Crippen MR) is 162 cm³/mol. The molecule has 6 N–H and O–H groups in total. The fourth-order valence-electron chi connectivity index (χ4n) is 4.61. The Morgan fingerprint density at radius 1 is 1.02 bits per heavy atom. The van der Waals surface area contributed by atoms with E-state index in [4.69, 9.17) is 11.6 Å². The maximum atomic E-state index is 13.1. The monoisotopic (exact) mass is 603 g/mol. The number of aliphatic hydroxyl groups excluding tert-OH is 1. The van der Waals surface area contributed by atoms with Gasteiger partial charge in [-0.15, -0.1) is 0 Å². The van der Waals surface area contributed by atoms with E-state index in [1.54, 1.807) is 12.1 Å². The van der Waals surface area contributed by atoms with Crippen LogP contribution < -0.4 is 15.4 Å². The van der Waals surface area contributed by atoms with E-state index in [1.165, 1.54) is 24.3 Å². The van der Waals surface area contributed by atoms with Crippen LogP contribution in [0.1, 0.15) is 55.0 Å².